The maximum atomic E-state index is 13.8. The fraction of sp³-hybridized carbons (Fsp3) is 0.118. The maximum Gasteiger partial charge on any atom is 0.271 e. The molecule has 0 bridgehead atoms. The summed E-state index contributed by atoms with van der Waals surface area (Å²) >= 11 is 0. The summed E-state index contributed by atoms with van der Waals surface area (Å²) in [6.07, 6.45) is 0. The van der Waals surface area contributed by atoms with Gasteiger partial charge in [-0.2, -0.15) is 0 Å². The number of halogens is 1. The van der Waals surface area contributed by atoms with E-state index in [0.717, 1.165) is 11.1 Å². The van der Waals surface area contributed by atoms with E-state index in [1.807, 2.05) is 31.2 Å². The SMILES string of the molecule is Cc1ccccc1CNC(=O)c1nc(N)nc2c(F)cccc12. The van der Waals surface area contributed by atoms with E-state index in [-0.39, 0.29) is 17.2 Å². The molecule has 0 atom stereocenters. The molecule has 1 aromatic heterocycles. The first kappa shape index (κ1) is 14.9. The minimum atomic E-state index is -0.537. The smallest absolute Gasteiger partial charge is 0.271 e. The predicted octanol–water partition coefficient (Wildman–Crippen LogP) is 2.59. The molecular weight excluding hydrogens is 295 g/mol. The quantitative estimate of drug-likeness (QED) is 0.779. The molecule has 6 heteroatoms. The van der Waals surface area contributed by atoms with Crippen LogP contribution < -0.4 is 11.1 Å². The summed E-state index contributed by atoms with van der Waals surface area (Å²) in [4.78, 5) is 20.3. The van der Waals surface area contributed by atoms with Gasteiger partial charge in [-0.1, -0.05) is 36.4 Å². The molecule has 0 fully saturated rings. The molecule has 0 unspecified atom stereocenters. The number of aromatic nitrogens is 2. The third-order valence-corrected chi connectivity index (χ3v) is 3.61. The summed E-state index contributed by atoms with van der Waals surface area (Å²) < 4.78 is 13.8. The van der Waals surface area contributed by atoms with Gasteiger partial charge < -0.3 is 11.1 Å². The number of benzene rings is 2. The summed E-state index contributed by atoms with van der Waals surface area (Å²) in [6.45, 7) is 2.32. The monoisotopic (exact) mass is 310 g/mol. The second-order valence-electron chi connectivity index (χ2n) is 5.18. The summed E-state index contributed by atoms with van der Waals surface area (Å²) in [7, 11) is 0. The van der Waals surface area contributed by atoms with E-state index in [4.69, 9.17) is 5.73 Å². The molecule has 3 rings (SSSR count). The maximum absolute atomic E-state index is 13.8. The van der Waals surface area contributed by atoms with E-state index in [9.17, 15) is 9.18 Å². The van der Waals surface area contributed by atoms with Gasteiger partial charge in [0, 0.05) is 11.9 Å². The Morgan fingerprint density at radius 3 is 2.74 bits per heavy atom. The van der Waals surface area contributed by atoms with Crippen LogP contribution in [0.4, 0.5) is 10.3 Å². The van der Waals surface area contributed by atoms with Crippen molar-refractivity contribution >= 4 is 22.8 Å². The van der Waals surface area contributed by atoms with Gasteiger partial charge in [-0.3, -0.25) is 4.79 Å². The Hall–Kier alpha value is -3.02. The third-order valence-electron chi connectivity index (χ3n) is 3.61. The van der Waals surface area contributed by atoms with Crippen molar-refractivity contribution in [1.29, 1.82) is 0 Å². The second kappa shape index (κ2) is 6.00. The Bertz CT molecular complexity index is 895. The fourth-order valence-electron chi connectivity index (χ4n) is 2.38. The Labute approximate surface area is 132 Å². The van der Waals surface area contributed by atoms with E-state index >= 15 is 0 Å². The summed E-state index contributed by atoms with van der Waals surface area (Å²) in [6, 6.07) is 12.1. The highest BCUT2D eigenvalue weighted by molar-refractivity contribution is 6.04. The molecule has 2 aromatic carbocycles. The Balaban J connectivity index is 1.92. The molecule has 1 amide bonds. The van der Waals surface area contributed by atoms with Crippen LogP contribution in [0.1, 0.15) is 21.6 Å². The molecular formula is C17H15FN4O. The largest absolute Gasteiger partial charge is 0.368 e. The number of nitrogen functional groups attached to an aromatic ring is 1. The van der Waals surface area contributed by atoms with E-state index in [2.05, 4.69) is 15.3 Å². The zero-order valence-corrected chi connectivity index (χ0v) is 12.5. The molecule has 0 saturated carbocycles. The number of rotatable bonds is 3. The number of amides is 1. The van der Waals surface area contributed by atoms with E-state index in [1.165, 1.54) is 12.1 Å². The molecule has 3 aromatic rings. The van der Waals surface area contributed by atoms with E-state index in [0.29, 0.717) is 11.9 Å². The standard InChI is InChI=1S/C17H15FN4O/c1-10-5-2-3-6-11(10)9-20-16(23)15-12-7-4-8-13(18)14(12)21-17(19)22-15/h2-8H,9H2,1H3,(H,20,23)(H2,19,21,22). The Morgan fingerprint density at radius 1 is 1.17 bits per heavy atom. The van der Waals surface area contributed by atoms with Crippen LogP contribution in [0.5, 0.6) is 0 Å². The average Bonchev–Trinajstić information content (AvgIpc) is 2.54. The van der Waals surface area contributed by atoms with Crippen molar-refractivity contribution in [1.82, 2.24) is 15.3 Å². The third kappa shape index (κ3) is 2.96. The molecule has 116 valence electrons. The van der Waals surface area contributed by atoms with Gasteiger partial charge in [-0.05, 0) is 24.1 Å². The normalized spacial score (nSPS) is 10.7. The Morgan fingerprint density at radius 2 is 1.96 bits per heavy atom. The van der Waals surface area contributed by atoms with Crippen LogP contribution in [0.25, 0.3) is 10.9 Å². The summed E-state index contributed by atoms with van der Waals surface area (Å²) in [5.74, 6) is -1.09. The van der Waals surface area contributed by atoms with Crippen LogP contribution >= 0.6 is 0 Å². The van der Waals surface area contributed by atoms with Crippen LogP contribution in [-0.2, 0) is 6.54 Å². The molecule has 0 radical (unpaired) electrons. The molecule has 23 heavy (non-hydrogen) atoms. The molecule has 5 nitrogen and oxygen atoms in total. The first-order valence-corrected chi connectivity index (χ1v) is 7.10. The number of para-hydroxylation sites is 1. The number of fused-ring (bicyclic) bond motifs is 1. The number of nitrogens with two attached hydrogens (primary N) is 1. The van der Waals surface area contributed by atoms with Crippen LogP contribution in [0.15, 0.2) is 42.5 Å². The molecule has 3 N–H and O–H groups in total. The summed E-state index contributed by atoms with van der Waals surface area (Å²) in [5, 5.41) is 3.12. The average molecular weight is 310 g/mol. The first-order valence-electron chi connectivity index (χ1n) is 7.10. The number of carbonyl (C=O) groups excluding carboxylic acids is 1. The molecule has 0 spiro atoms. The van der Waals surface area contributed by atoms with Crippen molar-refractivity contribution in [2.75, 3.05) is 5.73 Å². The zero-order valence-electron chi connectivity index (χ0n) is 12.5. The van der Waals surface area contributed by atoms with Crippen molar-refractivity contribution in [3.05, 3.63) is 65.1 Å². The fourth-order valence-corrected chi connectivity index (χ4v) is 2.38. The van der Waals surface area contributed by atoms with Crippen molar-refractivity contribution in [3.63, 3.8) is 0 Å². The minimum Gasteiger partial charge on any atom is -0.368 e. The number of anilines is 1. The lowest BCUT2D eigenvalue weighted by molar-refractivity contribution is 0.0947. The van der Waals surface area contributed by atoms with Gasteiger partial charge in [-0.25, -0.2) is 14.4 Å². The van der Waals surface area contributed by atoms with Crippen LogP contribution in [0.3, 0.4) is 0 Å². The van der Waals surface area contributed by atoms with Gasteiger partial charge in [-0.15, -0.1) is 0 Å². The van der Waals surface area contributed by atoms with Crippen molar-refractivity contribution < 1.29 is 9.18 Å². The molecule has 0 aliphatic carbocycles. The lowest BCUT2D eigenvalue weighted by Gasteiger charge is -2.10. The number of nitrogens with zero attached hydrogens (tertiary/aromatic N) is 2. The molecule has 0 aliphatic heterocycles. The van der Waals surface area contributed by atoms with Gasteiger partial charge >= 0.3 is 0 Å². The number of nitrogens with one attached hydrogen (secondary N) is 1. The number of hydrogen-bond acceptors (Lipinski definition) is 4. The van der Waals surface area contributed by atoms with Gasteiger partial charge in [0.1, 0.15) is 17.0 Å². The van der Waals surface area contributed by atoms with E-state index < -0.39 is 11.7 Å². The topological polar surface area (TPSA) is 80.9 Å². The van der Waals surface area contributed by atoms with Gasteiger partial charge in [0.25, 0.3) is 5.91 Å². The van der Waals surface area contributed by atoms with Crippen molar-refractivity contribution in [3.8, 4) is 0 Å². The number of aryl methyl sites for hydroxylation is 1. The lowest BCUT2D eigenvalue weighted by atomic mass is 10.1. The van der Waals surface area contributed by atoms with Crippen LogP contribution in [0.2, 0.25) is 0 Å². The molecule has 0 aliphatic rings. The highest BCUT2D eigenvalue weighted by Gasteiger charge is 2.16. The van der Waals surface area contributed by atoms with Gasteiger partial charge in [0.05, 0.1) is 0 Å². The number of hydrogen-bond donors (Lipinski definition) is 2. The first-order chi connectivity index (χ1) is 11.1. The second-order valence-corrected chi connectivity index (χ2v) is 5.18. The van der Waals surface area contributed by atoms with Crippen molar-refractivity contribution in [2.24, 2.45) is 0 Å². The molecule has 0 saturated heterocycles. The minimum absolute atomic E-state index is 0.0426. The van der Waals surface area contributed by atoms with Crippen molar-refractivity contribution in [2.45, 2.75) is 13.5 Å². The molecule has 1 heterocycles. The van der Waals surface area contributed by atoms with Gasteiger partial charge in [0.15, 0.2) is 0 Å². The predicted molar refractivity (Wildman–Crippen MR) is 86.3 cm³/mol. The van der Waals surface area contributed by atoms with Crippen LogP contribution in [0, 0.1) is 12.7 Å². The summed E-state index contributed by atoms with van der Waals surface area (Å²) in [5.41, 5.74) is 7.78. The van der Waals surface area contributed by atoms with E-state index in [1.54, 1.807) is 6.07 Å². The highest BCUT2D eigenvalue weighted by atomic mass is 19.1. The van der Waals surface area contributed by atoms with Crippen LogP contribution in [-0.4, -0.2) is 15.9 Å². The number of carbonyl (C=O) groups is 1. The van der Waals surface area contributed by atoms with Gasteiger partial charge in [0.2, 0.25) is 5.95 Å². The lowest BCUT2D eigenvalue weighted by Crippen LogP contribution is -2.25. The zero-order chi connectivity index (χ0) is 16.4. The Kier molecular flexibility index (Phi) is 3.89. The highest BCUT2D eigenvalue weighted by Crippen LogP contribution is 2.19.